The monoisotopic (exact) mass is 286 g/mol. The number of alkyl halides is 2. The Morgan fingerprint density at radius 1 is 0.867 bits per heavy atom. The molecule has 0 bridgehead atoms. The standard InChI is InChI=1S/C10H24Cl2OSi2/c1-14(2,3)13-15(4,9-5-7-11)10-6-8-12/h5-10H2,1-4H3. The van der Waals surface area contributed by atoms with E-state index in [1.54, 1.807) is 0 Å². The molecule has 0 aromatic carbocycles. The van der Waals surface area contributed by atoms with Crippen LogP contribution in [0.25, 0.3) is 0 Å². The summed E-state index contributed by atoms with van der Waals surface area (Å²) in [6, 6.07) is 2.36. The molecule has 0 atom stereocenters. The Balaban J connectivity index is 4.26. The third kappa shape index (κ3) is 8.75. The van der Waals surface area contributed by atoms with Gasteiger partial charge >= 0.3 is 0 Å². The molecule has 5 heteroatoms. The van der Waals surface area contributed by atoms with E-state index in [1.807, 2.05) is 0 Å². The van der Waals surface area contributed by atoms with Gasteiger partial charge in [-0.05, 0) is 51.1 Å². The Bertz CT molecular complexity index is 163. The Kier molecular flexibility index (Phi) is 7.80. The Labute approximate surface area is 107 Å². The van der Waals surface area contributed by atoms with Gasteiger partial charge in [0, 0.05) is 11.8 Å². The maximum Gasteiger partial charge on any atom is 0.176 e. The van der Waals surface area contributed by atoms with Crippen molar-refractivity contribution in [2.24, 2.45) is 0 Å². The van der Waals surface area contributed by atoms with Gasteiger partial charge in [0.05, 0.1) is 0 Å². The highest BCUT2D eigenvalue weighted by Gasteiger charge is 2.33. The molecule has 0 rings (SSSR count). The fourth-order valence-electron chi connectivity index (χ4n) is 1.85. The van der Waals surface area contributed by atoms with Gasteiger partial charge in [0.1, 0.15) is 0 Å². The fourth-order valence-corrected chi connectivity index (χ4v) is 11.4. The molecule has 0 unspecified atom stereocenters. The van der Waals surface area contributed by atoms with Crippen molar-refractivity contribution < 1.29 is 4.12 Å². The van der Waals surface area contributed by atoms with Crippen LogP contribution >= 0.6 is 23.2 Å². The van der Waals surface area contributed by atoms with E-state index in [4.69, 9.17) is 27.3 Å². The van der Waals surface area contributed by atoms with E-state index in [0.29, 0.717) is 0 Å². The summed E-state index contributed by atoms with van der Waals surface area (Å²) in [5.74, 6) is 1.50. The zero-order valence-corrected chi connectivity index (χ0v) is 13.9. The first-order valence-corrected chi connectivity index (χ1v) is 12.9. The summed E-state index contributed by atoms with van der Waals surface area (Å²) in [6.07, 6.45) is 2.16. The molecule has 0 aliphatic heterocycles. The van der Waals surface area contributed by atoms with Crippen molar-refractivity contribution in [3.05, 3.63) is 0 Å². The molecule has 0 aliphatic carbocycles. The zero-order valence-electron chi connectivity index (χ0n) is 10.4. The first kappa shape index (κ1) is 16.0. The summed E-state index contributed by atoms with van der Waals surface area (Å²) in [4.78, 5) is 0. The maximum absolute atomic E-state index is 6.39. The third-order valence-electron chi connectivity index (χ3n) is 2.23. The van der Waals surface area contributed by atoms with Crippen molar-refractivity contribution in [3.8, 4) is 0 Å². The Hall–Kier alpha value is 0.974. The predicted molar refractivity (Wildman–Crippen MR) is 76.3 cm³/mol. The summed E-state index contributed by atoms with van der Waals surface area (Å²) >= 11 is 11.5. The highest BCUT2D eigenvalue weighted by molar-refractivity contribution is 6.84. The normalized spacial score (nSPS) is 13.2. The fraction of sp³-hybridized carbons (Fsp3) is 1.00. The van der Waals surface area contributed by atoms with Crippen molar-refractivity contribution in [3.63, 3.8) is 0 Å². The lowest BCUT2D eigenvalue weighted by Gasteiger charge is -2.34. The van der Waals surface area contributed by atoms with Crippen LogP contribution in [-0.4, -0.2) is 28.4 Å². The lowest BCUT2D eigenvalue weighted by molar-refractivity contribution is 0.533. The second-order valence-electron chi connectivity index (χ2n) is 5.25. The number of halogens is 2. The van der Waals surface area contributed by atoms with Crippen LogP contribution in [0.15, 0.2) is 0 Å². The number of rotatable bonds is 8. The van der Waals surface area contributed by atoms with E-state index in [9.17, 15) is 0 Å². The van der Waals surface area contributed by atoms with Crippen LogP contribution in [0.2, 0.25) is 38.3 Å². The minimum Gasteiger partial charge on any atom is -0.456 e. The van der Waals surface area contributed by atoms with Gasteiger partial charge in [-0.25, -0.2) is 0 Å². The summed E-state index contributed by atoms with van der Waals surface area (Å²) in [5.41, 5.74) is 0. The lowest BCUT2D eigenvalue weighted by atomic mass is 10.6. The predicted octanol–water partition coefficient (Wildman–Crippen LogP) is 4.67. The first-order chi connectivity index (χ1) is 6.83. The molecule has 1 nitrogen and oxygen atoms in total. The Morgan fingerprint density at radius 3 is 1.53 bits per heavy atom. The maximum atomic E-state index is 6.39. The average Bonchev–Trinajstić information content (AvgIpc) is 2.09. The molecule has 0 aliphatic rings. The molecule has 15 heavy (non-hydrogen) atoms. The second kappa shape index (κ2) is 7.33. The molecule has 0 amide bonds. The molecule has 0 heterocycles. The highest BCUT2D eigenvalue weighted by atomic mass is 35.5. The lowest BCUT2D eigenvalue weighted by Crippen LogP contribution is -2.44. The van der Waals surface area contributed by atoms with E-state index >= 15 is 0 Å². The molecule has 92 valence electrons. The quantitative estimate of drug-likeness (QED) is 0.465. The van der Waals surface area contributed by atoms with Crippen molar-refractivity contribution in [2.75, 3.05) is 11.8 Å². The largest absolute Gasteiger partial charge is 0.456 e. The third-order valence-corrected chi connectivity index (χ3v) is 10.0. The molecule has 0 N–H and O–H groups in total. The van der Waals surface area contributed by atoms with Crippen LogP contribution < -0.4 is 0 Å². The highest BCUT2D eigenvalue weighted by Crippen LogP contribution is 2.25. The van der Waals surface area contributed by atoms with Crippen molar-refractivity contribution in [1.29, 1.82) is 0 Å². The molecule has 0 saturated carbocycles. The first-order valence-electron chi connectivity index (χ1n) is 5.65. The molecule has 0 saturated heterocycles. The van der Waals surface area contributed by atoms with Crippen LogP contribution in [0.5, 0.6) is 0 Å². The molecule has 0 radical (unpaired) electrons. The van der Waals surface area contributed by atoms with E-state index in [2.05, 4.69) is 26.2 Å². The molecular weight excluding hydrogens is 263 g/mol. The topological polar surface area (TPSA) is 9.23 Å². The second-order valence-corrected chi connectivity index (χ2v) is 14.9. The molecule has 0 aromatic heterocycles. The van der Waals surface area contributed by atoms with Gasteiger partial charge in [0.2, 0.25) is 0 Å². The van der Waals surface area contributed by atoms with Crippen LogP contribution in [0, 0.1) is 0 Å². The zero-order chi connectivity index (χ0) is 11.9. The molecule has 0 fully saturated rings. The van der Waals surface area contributed by atoms with Gasteiger partial charge in [0.15, 0.2) is 16.6 Å². The van der Waals surface area contributed by atoms with Crippen molar-refractivity contribution in [1.82, 2.24) is 0 Å². The summed E-state index contributed by atoms with van der Waals surface area (Å²) < 4.78 is 6.39. The van der Waals surface area contributed by atoms with Gasteiger partial charge in [-0.2, -0.15) is 0 Å². The summed E-state index contributed by atoms with van der Waals surface area (Å²) in [6.45, 7) is 9.13. The molecule has 0 aromatic rings. The van der Waals surface area contributed by atoms with Crippen LogP contribution in [-0.2, 0) is 4.12 Å². The minimum absolute atomic E-state index is 0.749. The SMILES string of the molecule is C[Si](C)(C)O[Si](C)(CCCCl)CCCCl. The Morgan fingerprint density at radius 2 is 1.27 bits per heavy atom. The number of hydrogen-bond donors (Lipinski definition) is 0. The van der Waals surface area contributed by atoms with E-state index < -0.39 is 16.6 Å². The van der Waals surface area contributed by atoms with Gasteiger partial charge in [-0.1, -0.05) is 0 Å². The summed E-state index contributed by atoms with van der Waals surface area (Å²) in [7, 11) is -2.95. The summed E-state index contributed by atoms with van der Waals surface area (Å²) in [5, 5.41) is 0. The van der Waals surface area contributed by atoms with E-state index in [-0.39, 0.29) is 0 Å². The molecular formula is C10H24Cl2OSi2. The van der Waals surface area contributed by atoms with Crippen LogP contribution in [0.3, 0.4) is 0 Å². The van der Waals surface area contributed by atoms with Gasteiger partial charge in [0.25, 0.3) is 0 Å². The smallest absolute Gasteiger partial charge is 0.176 e. The van der Waals surface area contributed by atoms with Gasteiger partial charge in [-0.3, -0.25) is 0 Å². The van der Waals surface area contributed by atoms with Crippen LogP contribution in [0.4, 0.5) is 0 Å². The van der Waals surface area contributed by atoms with E-state index in [1.165, 1.54) is 12.1 Å². The molecule has 0 spiro atoms. The minimum atomic E-state index is -1.53. The van der Waals surface area contributed by atoms with E-state index in [0.717, 1.165) is 24.6 Å². The van der Waals surface area contributed by atoms with Crippen LogP contribution in [0.1, 0.15) is 12.8 Å². The van der Waals surface area contributed by atoms with Crippen molar-refractivity contribution >= 4 is 39.8 Å². The van der Waals surface area contributed by atoms with Gasteiger partial charge in [-0.15, -0.1) is 23.2 Å². The van der Waals surface area contributed by atoms with Gasteiger partial charge < -0.3 is 4.12 Å². The van der Waals surface area contributed by atoms with Crippen molar-refractivity contribution in [2.45, 2.75) is 51.1 Å². The average molecular weight is 287 g/mol. The number of hydrogen-bond acceptors (Lipinski definition) is 1.